The Morgan fingerprint density at radius 1 is 1.80 bits per heavy atom. The van der Waals surface area contributed by atoms with Crippen molar-refractivity contribution in [2.24, 2.45) is 5.92 Å². The Balaban J connectivity index is 3.92. The third kappa shape index (κ3) is 2.33. The van der Waals surface area contributed by atoms with Crippen molar-refractivity contribution in [1.29, 1.82) is 0 Å². The molecule has 0 saturated carbocycles. The van der Waals surface area contributed by atoms with Crippen LogP contribution in [0.3, 0.4) is 0 Å². The molecule has 0 saturated heterocycles. The topological polar surface area (TPSA) is 72.4 Å². The highest BCUT2D eigenvalue weighted by Crippen LogP contribution is 2.06. The molecule has 0 spiro atoms. The summed E-state index contributed by atoms with van der Waals surface area (Å²) < 4.78 is 0. The molecule has 0 heterocycles. The molecule has 0 aromatic heterocycles. The maximum atomic E-state index is 10.3. The lowest BCUT2D eigenvalue weighted by molar-refractivity contribution is -0.140. The zero-order chi connectivity index (χ0) is 8.15. The van der Waals surface area contributed by atoms with Gasteiger partial charge in [0.2, 0.25) is 0 Å². The summed E-state index contributed by atoms with van der Waals surface area (Å²) in [7, 11) is 0. The summed E-state index contributed by atoms with van der Waals surface area (Å²) in [6.45, 7) is 3.57. The number of hydrogen-bond acceptors (Lipinski definition) is 3. The van der Waals surface area contributed by atoms with E-state index in [0.29, 0.717) is 6.42 Å². The van der Waals surface area contributed by atoms with Gasteiger partial charge in [-0.3, -0.25) is 4.79 Å². The van der Waals surface area contributed by atoms with Gasteiger partial charge in [-0.2, -0.15) is 0 Å². The number of rotatable bonds is 4. The zero-order valence-electron chi connectivity index (χ0n) is 6.13. The Morgan fingerprint density at radius 3 is 2.40 bits per heavy atom. The van der Waals surface area contributed by atoms with Gasteiger partial charge in [0.15, 0.2) is 0 Å². The lowest BCUT2D eigenvalue weighted by Crippen LogP contribution is -2.38. The quantitative estimate of drug-likeness (QED) is 0.569. The van der Waals surface area contributed by atoms with Crippen LogP contribution in [0.4, 0.5) is 0 Å². The molecule has 0 bridgehead atoms. The summed E-state index contributed by atoms with van der Waals surface area (Å²) in [6.07, 6.45) is 0.687. The van der Waals surface area contributed by atoms with Crippen molar-refractivity contribution in [1.82, 2.24) is 5.48 Å². The van der Waals surface area contributed by atoms with Gasteiger partial charge in [0.25, 0.3) is 0 Å². The first-order valence-corrected chi connectivity index (χ1v) is 3.24. The minimum absolute atomic E-state index is 0.116. The van der Waals surface area contributed by atoms with Crippen molar-refractivity contribution < 1.29 is 9.90 Å². The van der Waals surface area contributed by atoms with Crippen molar-refractivity contribution in [3.8, 4) is 0 Å². The first-order valence-electron chi connectivity index (χ1n) is 3.24. The monoisotopic (exact) mass is 146 g/mol. The van der Waals surface area contributed by atoms with Crippen LogP contribution in [0.25, 0.3) is 0 Å². The second-order valence-electron chi connectivity index (χ2n) is 2.32. The Bertz CT molecular complexity index is 116. The second kappa shape index (κ2) is 4.24. The van der Waals surface area contributed by atoms with Gasteiger partial charge < -0.3 is 15.8 Å². The molecule has 0 aromatic carbocycles. The van der Waals surface area contributed by atoms with Gasteiger partial charge in [0.1, 0.15) is 0 Å². The number of carbonyl (C=O) groups is 1. The summed E-state index contributed by atoms with van der Waals surface area (Å²) >= 11 is 0. The number of nitrogens with one attached hydrogen (secondary N) is 1. The Kier molecular flexibility index (Phi) is 3.99. The van der Waals surface area contributed by atoms with Crippen molar-refractivity contribution in [2.45, 2.75) is 26.3 Å². The van der Waals surface area contributed by atoms with Crippen LogP contribution >= 0.6 is 0 Å². The van der Waals surface area contributed by atoms with Crippen molar-refractivity contribution in [2.75, 3.05) is 0 Å². The fourth-order valence-electron chi connectivity index (χ4n) is 0.646. The van der Waals surface area contributed by atoms with E-state index in [1.165, 1.54) is 5.48 Å². The van der Waals surface area contributed by atoms with E-state index in [-0.39, 0.29) is 5.92 Å². The van der Waals surface area contributed by atoms with E-state index < -0.39 is 12.0 Å². The van der Waals surface area contributed by atoms with Gasteiger partial charge in [-0.15, -0.1) is 0 Å². The number of carboxylic acid groups (broad SMARTS) is 1. The average molecular weight is 146 g/mol. The van der Waals surface area contributed by atoms with Crippen LogP contribution < -0.4 is 5.48 Å². The lowest BCUT2D eigenvalue weighted by Gasteiger charge is -2.22. The third-order valence-electron chi connectivity index (χ3n) is 1.61. The van der Waals surface area contributed by atoms with E-state index in [1.54, 1.807) is 6.92 Å². The fraction of sp³-hybridized carbons (Fsp3) is 0.833. The second-order valence-corrected chi connectivity index (χ2v) is 2.32. The van der Waals surface area contributed by atoms with Crippen LogP contribution in [0, 0.1) is 11.1 Å². The van der Waals surface area contributed by atoms with Gasteiger partial charge in [-0.05, 0) is 5.92 Å². The van der Waals surface area contributed by atoms with Crippen LogP contribution in [-0.2, 0) is 4.79 Å². The lowest BCUT2D eigenvalue weighted by atomic mass is 10.0. The normalized spacial score (nSPS) is 16.3. The molecule has 4 nitrogen and oxygen atoms in total. The predicted molar refractivity (Wildman–Crippen MR) is 37.4 cm³/mol. The molecule has 0 amide bonds. The van der Waals surface area contributed by atoms with E-state index in [2.05, 4.69) is 0 Å². The molecule has 4 heteroatoms. The van der Waals surface area contributed by atoms with Crippen molar-refractivity contribution >= 4 is 5.97 Å². The SMILES string of the molecule is CC[C@H](C)[C@H](N[O-])C(=O)O. The molecule has 0 fully saturated rings. The maximum absolute atomic E-state index is 10.3. The predicted octanol–water partition coefficient (Wildman–Crippen LogP) is 0.573. The van der Waals surface area contributed by atoms with Crippen LogP contribution in [0.15, 0.2) is 0 Å². The molecule has 0 aliphatic rings. The Morgan fingerprint density at radius 2 is 2.30 bits per heavy atom. The number of aliphatic carboxylic acids is 1. The van der Waals surface area contributed by atoms with E-state index in [0.717, 1.165) is 0 Å². The third-order valence-corrected chi connectivity index (χ3v) is 1.61. The maximum Gasteiger partial charge on any atom is 0.320 e. The zero-order valence-corrected chi connectivity index (χ0v) is 6.13. The van der Waals surface area contributed by atoms with Gasteiger partial charge in [0.05, 0.1) is 6.04 Å². The van der Waals surface area contributed by atoms with Gasteiger partial charge in [-0.1, -0.05) is 20.3 Å². The highest BCUT2D eigenvalue weighted by Gasteiger charge is 2.18. The largest absolute Gasteiger partial charge is 0.787 e. The standard InChI is InChI=1S/C6H12NO3/c1-3-4(2)5(7-10)6(8)9/h4-5,7H,3H2,1-2H3,(H,8,9)/q-1/t4-,5-/m0/s1. The fourth-order valence-corrected chi connectivity index (χ4v) is 0.646. The number of hydroxylamine groups is 1. The molecule has 0 unspecified atom stereocenters. The van der Waals surface area contributed by atoms with Crippen LogP contribution in [0.2, 0.25) is 0 Å². The minimum atomic E-state index is -1.08. The highest BCUT2D eigenvalue weighted by molar-refractivity contribution is 5.73. The van der Waals surface area contributed by atoms with Crippen molar-refractivity contribution in [3.63, 3.8) is 0 Å². The van der Waals surface area contributed by atoms with Gasteiger partial charge in [-0.25, -0.2) is 0 Å². The average Bonchev–Trinajstić information content (AvgIpc) is 1.88. The summed E-state index contributed by atoms with van der Waals surface area (Å²) in [5.74, 6) is -1.20. The first kappa shape index (κ1) is 9.39. The molecule has 2 N–H and O–H groups in total. The molecule has 60 valence electrons. The summed E-state index contributed by atoms with van der Waals surface area (Å²) in [6, 6.07) is -0.954. The summed E-state index contributed by atoms with van der Waals surface area (Å²) in [5, 5.41) is 18.5. The molecular weight excluding hydrogens is 134 g/mol. The molecule has 0 aliphatic carbocycles. The van der Waals surface area contributed by atoms with Gasteiger partial charge >= 0.3 is 5.97 Å². The molecule has 0 aliphatic heterocycles. The van der Waals surface area contributed by atoms with Crippen LogP contribution in [0.5, 0.6) is 0 Å². The Labute approximate surface area is 59.8 Å². The molecule has 0 aromatic rings. The Hall–Kier alpha value is -0.610. The number of hydrogen-bond donors (Lipinski definition) is 2. The molecular formula is C6H12NO3-. The first-order chi connectivity index (χ1) is 4.63. The summed E-state index contributed by atoms with van der Waals surface area (Å²) in [4.78, 5) is 10.3. The molecule has 0 radical (unpaired) electrons. The van der Waals surface area contributed by atoms with Crippen LogP contribution in [-0.4, -0.2) is 17.1 Å². The molecule has 0 rings (SSSR count). The molecule has 10 heavy (non-hydrogen) atoms. The minimum Gasteiger partial charge on any atom is -0.787 e. The van der Waals surface area contributed by atoms with Gasteiger partial charge in [0, 0.05) is 0 Å². The van der Waals surface area contributed by atoms with E-state index >= 15 is 0 Å². The van der Waals surface area contributed by atoms with Crippen molar-refractivity contribution in [3.05, 3.63) is 5.21 Å². The van der Waals surface area contributed by atoms with E-state index in [9.17, 15) is 10.0 Å². The van der Waals surface area contributed by atoms with E-state index in [4.69, 9.17) is 5.11 Å². The highest BCUT2D eigenvalue weighted by atomic mass is 16.5. The van der Waals surface area contributed by atoms with Crippen LogP contribution in [0.1, 0.15) is 20.3 Å². The number of carboxylic acids is 1. The molecule has 2 atom stereocenters. The summed E-state index contributed by atoms with van der Waals surface area (Å²) in [5.41, 5.74) is 1.50. The smallest absolute Gasteiger partial charge is 0.320 e. The van der Waals surface area contributed by atoms with E-state index in [1.807, 2.05) is 6.92 Å².